The van der Waals surface area contributed by atoms with E-state index in [0.717, 1.165) is 0 Å². The van der Waals surface area contributed by atoms with Gasteiger partial charge in [0.05, 0.1) is 11.8 Å². The van der Waals surface area contributed by atoms with E-state index in [1.165, 1.54) is 11.8 Å². The number of nitriles is 1. The van der Waals surface area contributed by atoms with Crippen molar-refractivity contribution in [3.63, 3.8) is 0 Å². The van der Waals surface area contributed by atoms with Gasteiger partial charge < -0.3 is 0 Å². The molecule has 1 rings (SSSR count). The molecule has 3 heteroatoms. The molecule has 0 aliphatic carbocycles. The predicted octanol–water partition coefficient (Wildman–Crippen LogP) is 0.836. The molecule has 1 saturated heterocycles. The quantitative estimate of drug-likeness (QED) is 0.540. The van der Waals surface area contributed by atoms with Gasteiger partial charge in [-0.25, -0.2) is 0 Å². The first-order chi connectivity index (χ1) is 5.25. The second kappa shape index (κ2) is 2.98. The molecule has 56 valence electrons. The summed E-state index contributed by atoms with van der Waals surface area (Å²) in [6.45, 7) is 0. The zero-order valence-corrected chi connectivity index (χ0v) is 6.78. The van der Waals surface area contributed by atoms with E-state index < -0.39 is 5.41 Å². The van der Waals surface area contributed by atoms with Gasteiger partial charge in [0, 0.05) is 12.2 Å². The lowest BCUT2D eigenvalue weighted by Crippen LogP contribution is -2.27. The summed E-state index contributed by atoms with van der Waals surface area (Å²) in [7, 11) is 0. The van der Waals surface area contributed by atoms with Crippen LogP contribution >= 0.6 is 11.8 Å². The standard InChI is InChI=1S/C8H7NOS/c1-2-3-8(5-9)6-11-4-7(8)10/h1H,3-4,6H2. The normalized spacial score (nSPS) is 29.5. The van der Waals surface area contributed by atoms with Crippen molar-refractivity contribution in [2.75, 3.05) is 11.5 Å². The molecule has 0 amide bonds. The Labute approximate surface area is 70.0 Å². The smallest absolute Gasteiger partial charge is 0.164 e. The first kappa shape index (κ1) is 8.17. The lowest BCUT2D eigenvalue weighted by atomic mass is 9.85. The van der Waals surface area contributed by atoms with Crippen LogP contribution in [0.2, 0.25) is 0 Å². The van der Waals surface area contributed by atoms with Gasteiger partial charge in [0.2, 0.25) is 0 Å². The molecule has 11 heavy (non-hydrogen) atoms. The number of Topliss-reactive ketones (excluding diaryl/α,β-unsaturated/α-hetero) is 1. The summed E-state index contributed by atoms with van der Waals surface area (Å²) < 4.78 is 0. The van der Waals surface area contributed by atoms with Gasteiger partial charge in [0.15, 0.2) is 5.78 Å². The molecule has 1 aliphatic rings. The highest BCUT2D eigenvalue weighted by Gasteiger charge is 2.42. The zero-order valence-electron chi connectivity index (χ0n) is 5.96. The van der Waals surface area contributed by atoms with Gasteiger partial charge >= 0.3 is 0 Å². The van der Waals surface area contributed by atoms with Crippen LogP contribution in [0.5, 0.6) is 0 Å². The number of nitrogens with zero attached hydrogens (tertiary/aromatic N) is 1. The summed E-state index contributed by atoms with van der Waals surface area (Å²) in [4.78, 5) is 11.2. The second-order valence-corrected chi connectivity index (χ2v) is 3.48. The zero-order chi connectivity index (χ0) is 8.32. The summed E-state index contributed by atoms with van der Waals surface area (Å²) in [6.07, 6.45) is 5.33. The lowest BCUT2D eigenvalue weighted by Gasteiger charge is -2.12. The van der Waals surface area contributed by atoms with Crippen LogP contribution in [0.4, 0.5) is 0 Å². The minimum absolute atomic E-state index is 0.0112. The molecule has 0 N–H and O–H groups in total. The Bertz CT molecular complexity index is 260. The molecular formula is C8H7NOS. The van der Waals surface area contributed by atoms with Gasteiger partial charge in [0.25, 0.3) is 0 Å². The summed E-state index contributed by atoms with van der Waals surface area (Å²) in [6, 6.07) is 2.02. The van der Waals surface area contributed by atoms with E-state index in [1.54, 1.807) is 0 Å². The maximum absolute atomic E-state index is 11.2. The van der Waals surface area contributed by atoms with E-state index in [2.05, 4.69) is 5.92 Å². The molecule has 0 aromatic carbocycles. The van der Waals surface area contributed by atoms with Crippen LogP contribution in [-0.4, -0.2) is 17.3 Å². The highest BCUT2D eigenvalue weighted by Crippen LogP contribution is 2.34. The number of carbonyl (C=O) groups excluding carboxylic acids is 1. The van der Waals surface area contributed by atoms with Crippen LogP contribution in [-0.2, 0) is 4.79 Å². The largest absolute Gasteiger partial charge is 0.297 e. The number of thioether (sulfide) groups is 1. The summed E-state index contributed by atoms with van der Waals surface area (Å²) in [5, 5.41) is 8.74. The number of hydrogen-bond acceptors (Lipinski definition) is 3. The van der Waals surface area contributed by atoms with Crippen molar-refractivity contribution in [1.82, 2.24) is 0 Å². The molecule has 0 spiro atoms. The van der Waals surface area contributed by atoms with E-state index >= 15 is 0 Å². The number of ketones is 1. The second-order valence-electron chi connectivity index (χ2n) is 2.49. The van der Waals surface area contributed by atoms with Crippen molar-refractivity contribution in [2.45, 2.75) is 6.42 Å². The SMILES string of the molecule is C#CCC1(C#N)CSCC1=O. The van der Waals surface area contributed by atoms with Crippen molar-refractivity contribution in [3.05, 3.63) is 0 Å². The fourth-order valence-electron chi connectivity index (χ4n) is 0.995. The molecule has 0 radical (unpaired) electrons. The highest BCUT2D eigenvalue weighted by molar-refractivity contribution is 8.00. The van der Waals surface area contributed by atoms with E-state index in [1.807, 2.05) is 6.07 Å². The van der Waals surface area contributed by atoms with Crippen LogP contribution in [0.3, 0.4) is 0 Å². The van der Waals surface area contributed by atoms with Gasteiger partial charge in [-0.05, 0) is 0 Å². The minimum Gasteiger partial charge on any atom is -0.297 e. The van der Waals surface area contributed by atoms with E-state index in [0.29, 0.717) is 11.5 Å². The average molecular weight is 165 g/mol. The van der Waals surface area contributed by atoms with Gasteiger partial charge in [-0.2, -0.15) is 17.0 Å². The maximum Gasteiger partial charge on any atom is 0.164 e. The van der Waals surface area contributed by atoms with Crippen LogP contribution in [0.15, 0.2) is 0 Å². The number of rotatable bonds is 1. The molecule has 1 atom stereocenters. The first-order valence-electron chi connectivity index (χ1n) is 3.21. The van der Waals surface area contributed by atoms with E-state index in [9.17, 15) is 4.79 Å². The Kier molecular flexibility index (Phi) is 2.22. The minimum atomic E-state index is -0.862. The topological polar surface area (TPSA) is 40.9 Å². The lowest BCUT2D eigenvalue weighted by molar-refractivity contribution is -0.121. The van der Waals surface area contributed by atoms with Crippen LogP contribution in [0, 0.1) is 29.1 Å². The van der Waals surface area contributed by atoms with Crippen molar-refractivity contribution < 1.29 is 4.79 Å². The molecule has 1 unspecified atom stereocenters. The van der Waals surface area contributed by atoms with Crippen LogP contribution < -0.4 is 0 Å². The Morgan fingerprint density at radius 1 is 1.82 bits per heavy atom. The third-order valence-corrected chi connectivity index (χ3v) is 2.90. The van der Waals surface area contributed by atoms with Gasteiger partial charge in [-0.3, -0.25) is 4.79 Å². The predicted molar refractivity (Wildman–Crippen MR) is 43.8 cm³/mol. The van der Waals surface area contributed by atoms with E-state index in [-0.39, 0.29) is 12.2 Å². The molecule has 2 nitrogen and oxygen atoms in total. The third kappa shape index (κ3) is 1.25. The molecule has 0 saturated carbocycles. The summed E-state index contributed by atoms with van der Waals surface area (Å²) >= 11 is 1.49. The maximum atomic E-state index is 11.2. The van der Waals surface area contributed by atoms with Crippen molar-refractivity contribution >= 4 is 17.5 Å². The average Bonchev–Trinajstić information content (AvgIpc) is 2.35. The van der Waals surface area contributed by atoms with Crippen molar-refractivity contribution in [2.24, 2.45) is 5.41 Å². The number of terminal acetylenes is 1. The van der Waals surface area contributed by atoms with Crippen LogP contribution in [0.1, 0.15) is 6.42 Å². The summed E-state index contributed by atoms with van der Waals surface area (Å²) in [5.74, 6) is 3.37. The first-order valence-corrected chi connectivity index (χ1v) is 4.36. The number of carbonyl (C=O) groups is 1. The Hall–Kier alpha value is -0.930. The molecule has 1 aliphatic heterocycles. The molecular weight excluding hydrogens is 158 g/mol. The molecule has 0 bridgehead atoms. The van der Waals surface area contributed by atoms with Gasteiger partial charge in [-0.15, -0.1) is 12.3 Å². The molecule has 0 aromatic rings. The fourth-order valence-corrected chi connectivity index (χ4v) is 2.23. The van der Waals surface area contributed by atoms with E-state index in [4.69, 9.17) is 11.7 Å². The molecule has 1 heterocycles. The Morgan fingerprint density at radius 3 is 2.91 bits per heavy atom. The Balaban J connectivity index is 2.86. The van der Waals surface area contributed by atoms with Gasteiger partial charge in [0.1, 0.15) is 5.41 Å². The molecule has 0 aromatic heterocycles. The van der Waals surface area contributed by atoms with Gasteiger partial charge in [-0.1, -0.05) is 0 Å². The monoisotopic (exact) mass is 165 g/mol. The van der Waals surface area contributed by atoms with Crippen molar-refractivity contribution in [3.8, 4) is 18.4 Å². The Morgan fingerprint density at radius 2 is 2.55 bits per heavy atom. The fraction of sp³-hybridized carbons (Fsp3) is 0.500. The van der Waals surface area contributed by atoms with Crippen molar-refractivity contribution in [1.29, 1.82) is 5.26 Å². The summed E-state index contributed by atoms with van der Waals surface area (Å²) in [5.41, 5.74) is -0.862. The third-order valence-electron chi connectivity index (χ3n) is 1.73. The van der Waals surface area contributed by atoms with Crippen LogP contribution in [0.25, 0.3) is 0 Å². The highest BCUT2D eigenvalue weighted by atomic mass is 32.2. The molecule has 1 fully saturated rings. The number of hydrogen-bond donors (Lipinski definition) is 0.